The van der Waals surface area contributed by atoms with E-state index in [1.54, 1.807) is 7.05 Å². The summed E-state index contributed by atoms with van der Waals surface area (Å²) in [6.45, 7) is 4.42. The molecule has 0 saturated carbocycles. The van der Waals surface area contributed by atoms with E-state index in [1.807, 2.05) is 31.3 Å². The molecule has 0 heterocycles. The molecule has 120 valence electrons. The van der Waals surface area contributed by atoms with Gasteiger partial charge in [0.05, 0.1) is 11.6 Å². The van der Waals surface area contributed by atoms with Crippen molar-refractivity contribution in [2.75, 3.05) is 33.8 Å². The van der Waals surface area contributed by atoms with Crippen LogP contribution in [-0.2, 0) is 0 Å². The molecule has 0 atom stereocenters. The maximum Gasteiger partial charge on any atom is 0.193 e. The number of rotatable bonds is 7. The van der Waals surface area contributed by atoms with Gasteiger partial charge in [-0.1, -0.05) is 37.1 Å². The molecule has 0 aliphatic carbocycles. The summed E-state index contributed by atoms with van der Waals surface area (Å²) in [7, 11) is 3.83. The molecule has 1 rings (SSSR count). The van der Waals surface area contributed by atoms with Crippen molar-refractivity contribution in [1.29, 1.82) is 0 Å². The minimum absolute atomic E-state index is 0. The minimum Gasteiger partial charge on any atom is -0.490 e. The molecule has 1 N–H and O–H groups in total. The molecule has 0 spiro atoms. The van der Waals surface area contributed by atoms with Crippen molar-refractivity contribution in [1.82, 2.24) is 10.2 Å². The first kappa shape index (κ1) is 20.3. The van der Waals surface area contributed by atoms with E-state index in [1.165, 1.54) is 6.42 Å². The molecule has 1 aromatic rings. The van der Waals surface area contributed by atoms with Crippen LogP contribution in [-0.4, -0.2) is 44.7 Å². The molecule has 0 aliphatic rings. The van der Waals surface area contributed by atoms with Crippen molar-refractivity contribution in [3.63, 3.8) is 0 Å². The van der Waals surface area contributed by atoms with E-state index >= 15 is 0 Å². The third kappa shape index (κ3) is 7.76. The molecule has 6 heteroatoms. The number of para-hydroxylation sites is 1. The van der Waals surface area contributed by atoms with Gasteiger partial charge < -0.3 is 15.0 Å². The maximum atomic E-state index is 6.02. The van der Waals surface area contributed by atoms with Crippen LogP contribution < -0.4 is 10.1 Å². The summed E-state index contributed by atoms with van der Waals surface area (Å²) in [6.07, 6.45) is 2.34. The highest BCUT2D eigenvalue weighted by Crippen LogP contribution is 2.22. The molecule has 4 nitrogen and oxygen atoms in total. The number of hydrogen-bond donors (Lipinski definition) is 1. The Balaban J connectivity index is 0.00000400. The summed E-state index contributed by atoms with van der Waals surface area (Å²) in [4.78, 5) is 6.38. The monoisotopic (exact) mass is 425 g/mol. The number of aliphatic imine (C=N–C) groups is 1. The average Bonchev–Trinajstić information content (AvgIpc) is 2.46. The van der Waals surface area contributed by atoms with Crippen LogP contribution in [0.2, 0.25) is 5.02 Å². The topological polar surface area (TPSA) is 36.9 Å². The highest BCUT2D eigenvalue weighted by Gasteiger charge is 2.04. The van der Waals surface area contributed by atoms with E-state index in [4.69, 9.17) is 16.3 Å². The number of nitrogens with one attached hydrogen (secondary N) is 1. The van der Waals surface area contributed by atoms with Gasteiger partial charge in [0.15, 0.2) is 5.96 Å². The minimum atomic E-state index is 0. The second-order valence-electron chi connectivity index (χ2n) is 4.53. The Morgan fingerprint density at radius 3 is 2.71 bits per heavy atom. The fourth-order valence-electron chi connectivity index (χ4n) is 1.77. The molecule has 0 fully saturated rings. The molecule has 0 unspecified atom stereocenters. The van der Waals surface area contributed by atoms with Crippen LogP contribution in [0.1, 0.15) is 19.8 Å². The predicted molar refractivity (Wildman–Crippen MR) is 101 cm³/mol. The number of hydrogen-bond acceptors (Lipinski definition) is 2. The molecule has 21 heavy (non-hydrogen) atoms. The first-order valence-corrected chi connectivity index (χ1v) is 7.36. The Labute approximate surface area is 149 Å². The van der Waals surface area contributed by atoms with E-state index in [0.717, 1.165) is 18.9 Å². The van der Waals surface area contributed by atoms with Crippen molar-refractivity contribution in [2.24, 2.45) is 4.99 Å². The van der Waals surface area contributed by atoms with Gasteiger partial charge in [-0.25, -0.2) is 0 Å². The van der Waals surface area contributed by atoms with Gasteiger partial charge in [-0.2, -0.15) is 0 Å². The second kappa shape index (κ2) is 11.9. The summed E-state index contributed by atoms with van der Waals surface area (Å²) in [5.41, 5.74) is 0. The lowest BCUT2D eigenvalue weighted by atomic mass is 10.3. The lowest BCUT2D eigenvalue weighted by Gasteiger charge is -2.21. The van der Waals surface area contributed by atoms with E-state index in [-0.39, 0.29) is 24.0 Å². The third-order valence-electron chi connectivity index (χ3n) is 2.90. The quantitative estimate of drug-likeness (QED) is 0.314. The van der Waals surface area contributed by atoms with Gasteiger partial charge >= 0.3 is 0 Å². The van der Waals surface area contributed by atoms with Crippen molar-refractivity contribution in [3.8, 4) is 5.75 Å². The van der Waals surface area contributed by atoms with Crippen LogP contribution in [0.5, 0.6) is 5.75 Å². The number of guanidine groups is 1. The zero-order valence-corrected chi connectivity index (χ0v) is 16.0. The Hall–Kier alpha value is -0.690. The van der Waals surface area contributed by atoms with Crippen LogP contribution in [0.4, 0.5) is 0 Å². The van der Waals surface area contributed by atoms with E-state index < -0.39 is 0 Å². The molecule has 0 amide bonds. The Bertz CT molecular complexity index is 429. The van der Waals surface area contributed by atoms with Crippen molar-refractivity contribution in [2.45, 2.75) is 19.8 Å². The molecule has 0 aromatic heterocycles. The average molecular weight is 426 g/mol. The number of unbranched alkanes of at least 4 members (excludes halogenated alkanes) is 1. The Morgan fingerprint density at radius 1 is 1.38 bits per heavy atom. The van der Waals surface area contributed by atoms with Gasteiger partial charge in [0.2, 0.25) is 0 Å². The lowest BCUT2D eigenvalue weighted by molar-refractivity contribution is 0.319. The Morgan fingerprint density at radius 2 is 2.10 bits per heavy atom. The summed E-state index contributed by atoms with van der Waals surface area (Å²) in [6, 6.07) is 7.48. The number of ether oxygens (including phenoxy) is 1. The molecular weight excluding hydrogens is 401 g/mol. The summed E-state index contributed by atoms with van der Waals surface area (Å²) in [5.74, 6) is 1.60. The third-order valence-corrected chi connectivity index (χ3v) is 3.21. The predicted octanol–water partition coefficient (Wildman–Crippen LogP) is 3.64. The molecule has 0 bridgehead atoms. The van der Waals surface area contributed by atoms with Crippen LogP contribution in [0.3, 0.4) is 0 Å². The van der Waals surface area contributed by atoms with E-state index in [2.05, 4.69) is 22.1 Å². The first-order valence-electron chi connectivity index (χ1n) is 6.98. The maximum absolute atomic E-state index is 6.02. The standard InChI is InChI=1S/C15H24ClN3O.HI/c1-4-5-11-19(3)15(17-2)18-10-12-20-14-9-7-6-8-13(14)16;/h6-9H,4-5,10-12H2,1-3H3,(H,17,18);1H. The highest BCUT2D eigenvalue weighted by atomic mass is 127. The van der Waals surface area contributed by atoms with E-state index in [0.29, 0.717) is 23.9 Å². The van der Waals surface area contributed by atoms with Crippen molar-refractivity contribution in [3.05, 3.63) is 29.3 Å². The van der Waals surface area contributed by atoms with E-state index in [9.17, 15) is 0 Å². The molecule has 0 radical (unpaired) electrons. The summed E-state index contributed by atoms with van der Waals surface area (Å²) in [5, 5.41) is 3.91. The van der Waals surface area contributed by atoms with Crippen LogP contribution >= 0.6 is 35.6 Å². The van der Waals surface area contributed by atoms with Crippen molar-refractivity contribution < 1.29 is 4.74 Å². The van der Waals surface area contributed by atoms with Gasteiger partial charge in [-0.3, -0.25) is 4.99 Å². The smallest absolute Gasteiger partial charge is 0.193 e. The summed E-state index contributed by atoms with van der Waals surface area (Å²) < 4.78 is 5.62. The number of halogens is 2. The SMILES string of the molecule is CCCCN(C)C(=NC)NCCOc1ccccc1Cl.I. The number of benzene rings is 1. The molecule has 0 saturated heterocycles. The first-order chi connectivity index (χ1) is 9.69. The lowest BCUT2D eigenvalue weighted by Crippen LogP contribution is -2.41. The van der Waals surface area contributed by atoms with Crippen LogP contribution in [0, 0.1) is 0 Å². The fraction of sp³-hybridized carbons (Fsp3) is 0.533. The molecule has 1 aromatic carbocycles. The van der Waals surface area contributed by atoms with Gasteiger partial charge in [-0.15, -0.1) is 24.0 Å². The van der Waals surface area contributed by atoms with Gasteiger partial charge in [0.25, 0.3) is 0 Å². The zero-order valence-electron chi connectivity index (χ0n) is 12.9. The van der Waals surface area contributed by atoms with Crippen molar-refractivity contribution >= 4 is 41.5 Å². The molecular formula is C15H25ClIN3O. The Kier molecular flexibility index (Phi) is 11.5. The van der Waals surface area contributed by atoms with Crippen LogP contribution in [0.25, 0.3) is 0 Å². The second-order valence-corrected chi connectivity index (χ2v) is 4.94. The highest BCUT2D eigenvalue weighted by molar-refractivity contribution is 14.0. The van der Waals surface area contributed by atoms with Crippen LogP contribution in [0.15, 0.2) is 29.3 Å². The zero-order chi connectivity index (χ0) is 14.8. The normalized spacial score (nSPS) is 10.8. The molecule has 0 aliphatic heterocycles. The summed E-state index contributed by atoms with van der Waals surface area (Å²) >= 11 is 6.02. The van der Waals surface area contributed by atoms with Gasteiger partial charge in [0.1, 0.15) is 12.4 Å². The number of nitrogens with zero attached hydrogens (tertiary/aromatic N) is 2. The van der Waals surface area contributed by atoms with Gasteiger partial charge in [-0.05, 0) is 18.6 Å². The fourth-order valence-corrected chi connectivity index (χ4v) is 1.96. The van der Waals surface area contributed by atoms with Gasteiger partial charge in [0, 0.05) is 20.6 Å². The largest absolute Gasteiger partial charge is 0.490 e.